The summed E-state index contributed by atoms with van der Waals surface area (Å²) in [5.41, 5.74) is 2.37. The van der Waals surface area contributed by atoms with Crippen LogP contribution in [0.25, 0.3) is 0 Å². The first-order valence-corrected chi connectivity index (χ1v) is 9.39. The van der Waals surface area contributed by atoms with Gasteiger partial charge >= 0.3 is 5.97 Å². The Morgan fingerprint density at radius 1 is 1.08 bits per heavy atom. The van der Waals surface area contributed by atoms with Crippen molar-refractivity contribution >= 4 is 5.97 Å². The first kappa shape index (κ1) is 18.3. The van der Waals surface area contributed by atoms with Gasteiger partial charge in [-0.25, -0.2) is 4.79 Å². The molecule has 3 rings (SSSR count). The minimum Gasteiger partial charge on any atom is -0.508 e. The fourth-order valence-electron chi connectivity index (χ4n) is 3.79. The zero-order valence-electron chi connectivity index (χ0n) is 15.1. The van der Waals surface area contributed by atoms with Gasteiger partial charge in [-0.15, -0.1) is 0 Å². The first-order valence-electron chi connectivity index (χ1n) is 9.39. The highest BCUT2D eigenvalue weighted by Crippen LogP contribution is 2.38. The summed E-state index contributed by atoms with van der Waals surface area (Å²) in [6, 6.07) is 12.3. The number of rotatable bonds is 5. The van der Waals surface area contributed by atoms with E-state index < -0.39 is 0 Å². The van der Waals surface area contributed by atoms with Crippen LogP contribution in [0.4, 0.5) is 0 Å². The molecule has 0 aromatic heterocycles. The van der Waals surface area contributed by atoms with Crippen LogP contribution >= 0.6 is 0 Å². The van der Waals surface area contributed by atoms with Gasteiger partial charge in [-0.1, -0.05) is 31.5 Å². The minimum atomic E-state index is -0.306. The SMILES string of the molecule is CCCc1cc(O)ccc1C(=O)OC1CCC(c2ccccc2O)CC1. The predicted molar refractivity (Wildman–Crippen MR) is 101 cm³/mol. The number of carbonyl (C=O) groups excluding carboxylic acids is 1. The van der Waals surface area contributed by atoms with Gasteiger partial charge in [0, 0.05) is 0 Å². The van der Waals surface area contributed by atoms with Crippen molar-refractivity contribution in [3.63, 3.8) is 0 Å². The van der Waals surface area contributed by atoms with E-state index in [2.05, 4.69) is 0 Å². The van der Waals surface area contributed by atoms with Crippen LogP contribution in [0.2, 0.25) is 0 Å². The zero-order chi connectivity index (χ0) is 18.5. The summed E-state index contributed by atoms with van der Waals surface area (Å²) >= 11 is 0. The van der Waals surface area contributed by atoms with Crippen molar-refractivity contribution < 1.29 is 19.7 Å². The molecule has 0 bridgehead atoms. The van der Waals surface area contributed by atoms with E-state index >= 15 is 0 Å². The number of esters is 1. The molecule has 1 fully saturated rings. The first-order chi connectivity index (χ1) is 12.6. The lowest BCUT2D eigenvalue weighted by molar-refractivity contribution is 0.0193. The quantitative estimate of drug-likeness (QED) is 0.747. The molecule has 2 N–H and O–H groups in total. The van der Waals surface area contributed by atoms with E-state index in [1.807, 2.05) is 25.1 Å². The van der Waals surface area contributed by atoms with E-state index in [4.69, 9.17) is 4.74 Å². The van der Waals surface area contributed by atoms with Gasteiger partial charge in [0.15, 0.2) is 0 Å². The number of hydrogen-bond donors (Lipinski definition) is 2. The van der Waals surface area contributed by atoms with Gasteiger partial charge in [0.25, 0.3) is 0 Å². The van der Waals surface area contributed by atoms with Crippen LogP contribution in [0, 0.1) is 0 Å². The number of aromatic hydroxyl groups is 2. The summed E-state index contributed by atoms with van der Waals surface area (Å²) in [7, 11) is 0. The van der Waals surface area contributed by atoms with Crippen LogP contribution in [0.1, 0.15) is 66.4 Å². The monoisotopic (exact) mass is 354 g/mol. The molecule has 2 aromatic rings. The lowest BCUT2D eigenvalue weighted by Gasteiger charge is -2.29. The second-order valence-corrected chi connectivity index (χ2v) is 7.03. The molecule has 1 aliphatic rings. The standard InChI is InChI=1S/C22H26O4/c1-2-5-16-14-17(23)10-13-20(16)22(25)26-18-11-8-15(9-12-18)19-6-3-4-7-21(19)24/h3-4,6-7,10,13-15,18,23-24H,2,5,8-9,11-12H2,1H3. The molecule has 4 heteroatoms. The Morgan fingerprint density at radius 3 is 2.50 bits per heavy atom. The number of phenolic OH excluding ortho intramolecular Hbond substituents is 2. The molecule has 0 amide bonds. The molecule has 0 unspecified atom stereocenters. The van der Waals surface area contributed by atoms with E-state index in [0.29, 0.717) is 17.2 Å². The van der Waals surface area contributed by atoms with Crippen molar-refractivity contribution in [2.24, 2.45) is 0 Å². The third-order valence-electron chi connectivity index (χ3n) is 5.15. The van der Waals surface area contributed by atoms with E-state index in [9.17, 15) is 15.0 Å². The number of aryl methyl sites for hydroxylation is 1. The van der Waals surface area contributed by atoms with E-state index in [1.165, 1.54) is 6.07 Å². The maximum Gasteiger partial charge on any atom is 0.338 e. The predicted octanol–water partition coefficient (Wildman–Crippen LogP) is 4.93. The number of benzene rings is 2. The van der Waals surface area contributed by atoms with Gasteiger partial charge in [0.2, 0.25) is 0 Å². The molecule has 0 aliphatic heterocycles. The van der Waals surface area contributed by atoms with Crippen molar-refractivity contribution in [3.05, 3.63) is 59.2 Å². The highest BCUT2D eigenvalue weighted by atomic mass is 16.5. The molecule has 0 atom stereocenters. The number of ether oxygens (including phenoxy) is 1. The van der Waals surface area contributed by atoms with Crippen LogP contribution in [0.5, 0.6) is 11.5 Å². The molecule has 138 valence electrons. The maximum absolute atomic E-state index is 12.6. The summed E-state index contributed by atoms with van der Waals surface area (Å²) < 4.78 is 5.74. The molecular formula is C22H26O4. The normalized spacial score (nSPS) is 19.9. The van der Waals surface area contributed by atoms with Crippen molar-refractivity contribution in [2.75, 3.05) is 0 Å². The van der Waals surface area contributed by atoms with Crippen molar-refractivity contribution in [3.8, 4) is 11.5 Å². The molecular weight excluding hydrogens is 328 g/mol. The topological polar surface area (TPSA) is 66.8 Å². The summed E-state index contributed by atoms with van der Waals surface area (Å²) in [4.78, 5) is 12.6. The molecule has 2 aromatic carbocycles. The molecule has 0 saturated heterocycles. The summed E-state index contributed by atoms with van der Waals surface area (Å²) in [5, 5.41) is 19.7. The summed E-state index contributed by atoms with van der Waals surface area (Å²) in [5.74, 6) is 0.532. The minimum absolute atomic E-state index is 0.0899. The Hall–Kier alpha value is -2.49. The van der Waals surface area contributed by atoms with Gasteiger partial charge in [0.05, 0.1) is 5.56 Å². The fraction of sp³-hybridized carbons (Fsp3) is 0.409. The molecule has 0 heterocycles. The number of para-hydroxylation sites is 1. The Morgan fingerprint density at radius 2 is 1.81 bits per heavy atom. The van der Waals surface area contributed by atoms with Gasteiger partial charge in [-0.3, -0.25) is 0 Å². The lowest BCUT2D eigenvalue weighted by atomic mass is 9.82. The van der Waals surface area contributed by atoms with Crippen LogP contribution in [0.15, 0.2) is 42.5 Å². The van der Waals surface area contributed by atoms with E-state index in [-0.39, 0.29) is 17.8 Å². The molecule has 1 saturated carbocycles. The summed E-state index contributed by atoms with van der Waals surface area (Å²) in [6.07, 6.45) is 4.93. The van der Waals surface area contributed by atoms with Gasteiger partial charge in [0.1, 0.15) is 17.6 Å². The number of phenols is 2. The lowest BCUT2D eigenvalue weighted by Crippen LogP contribution is -2.24. The zero-order valence-corrected chi connectivity index (χ0v) is 15.1. The largest absolute Gasteiger partial charge is 0.508 e. The highest BCUT2D eigenvalue weighted by molar-refractivity contribution is 5.91. The third kappa shape index (κ3) is 4.18. The van der Waals surface area contributed by atoms with E-state index in [0.717, 1.165) is 49.7 Å². The Bertz CT molecular complexity index is 760. The van der Waals surface area contributed by atoms with Gasteiger partial charge < -0.3 is 14.9 Å². The van der Waals surface area contributed by atoms with Crippen molar-refractivity contribution in [1.29, 1.82) is 0 Å². The average molecular weight is 354 g/mol. The summed E-state index contributed by atoms with van der Waals surface area (Å²) in [6.45, 7) is 2.04. The van der Waals surface area contributed by atoms with Crippen LogP contribution < -0.4 is 0 Å². The van der Waals surface area contributed by atoms with Crippen molar-refractivity contribution in [1.82, 2.24) is 0 Å². The van der Waals surface area contributed by atoms with Gasteiger partial charge in [-0.05, 0) is 73.4 Å². The molecule has 0 radical (unpaired) electrons. The molecule has 4 nitrogen and oxygen atoms in total. The fourth-order valence-corrected chi connectivity index (χ4v) is 3.79. The number of carbonyl (C=O) groups is 1. The third-order valence-corrected chi connectivity index (χ3v) is 5.15. The van der Waals surface area contributed by atoms with Crippen LogP contribution in [-0.2, 0) is 11.2 Å². The maximum atomic E-state index is 12.6. The Balaban J connectivity index is 1.61. The van der Waals surface area contributed by atoms with Crippen LogP contribution in [0.3, 0.4) is 0 Å². The van der Waals surface area contributed by atoms with Crippen LogP contribution in [-0.4, -0.2) is 22.3 Å². The Kier molecular flexibility index (Phi) is 5.82. The van der Waals surface area contributed by atoms with Gasteiger partial charge in [-0.2, -0.15) is 0 Å². The smallest absolute Gasteiger partial charge is 0.338 e. The highest BCUT2D eigenvalue weighted by Gasteiger charge is 2.27. The molecule has 26 heavy (non-hydrogen) atoms. The second kappa shape index (κ2) is 8.26. The molecule has 1 aliphatic carbocycles. The Labute approximate surface area is 154 Å². The van der Waals surface area contributed by atoms with Crippen molar-refractivity contribution in [2.45, 2.75) is 57.5 Å². The molecule has 0 spiro atoms. The average Bonchev–Trinajstić information content (AvgIpc) is 2.63. The van der Waals surface area contributed by atoms with E-state index in [1.54, 1.807) is 18.2 Å². The second-order valence-electron chi connectivity index (χ2n) is 7.03. The number of hydrogen-bond acceptors (Lipinski definition) is 4.